The van der Waals surface area contributed by atoms with Crippen LogP contribution in [0.1, 0.15) is 33.6 Å². The van der Waals surface area contributed by atoms with Crippen molar-refractivity contribution in [1.29, 1.82) is 0 Å². The van der Waals surface area contributed by atoms with Crippen molar-refractivity contribution in [3.05, 3.63) is 11.6 Å². The Bertz CT molecular complexity index is 128. The van der Waals surface area contributed by atoms with Gasteiger partial charge in [0, 0.05) is 13.1 Å². The maximum atomic E-state index is 9.33. The van der Waals surface area contributed by atoms with Crippen molar-refractivity contribution in [3.8, 4) is 0 Å². The van der Waals surface area contributed by atoms with Crippen molar-refractivity contribution < 1.29 is 5.11 Å². The SMILES string of the molecule is CCCC(O)CNCC=C(C)C. The van der Waals surface area contributed by atoms with Gasteiger partial charge < -0.3 is 10.4 Å². The molecule has 2 heteroatoms. The molecule has 0 fully saturated rings. The van der Waals surface area contributed by atoms with E-state index in [-0.39, 0.29) is 6.10 Å². The monoisotopic (exact) mass is 171 g/mol. The molecular formula is C10H21NO. The Kier molecular flexibility index (Phi) is 7.11. The molecule has 12 heavy (non-hydrogen) atoms. The number of aliphatic hydroxyl groups is 1. The molecule has 0 amide bonds. The summed E-state index contributed by atoms with van der Waals surface area (Å²) in [6, 6.07) is 0. The van der Waals surface area contributed by atoms with Crippen LogP contribution in [0.2, 0.25) is 0 Å². The first-order valence-electron chi connectivity index (χ1n) is 4.69. The van der Waals surface area contributed by atoms with Crippen molar-refractivity contribution in [3.63, 3.8) is 0 Å². The predicted molar refractivity (Wildman–Crippen MR) is 53.2 cm³/mol. The van der Waals surface area contributed by atoms with E-state index >= 15 is 0 Å². The van der Waals surface area contributed by atoms with Crippen molar-refractivity contribution in [1.82, 2.24) is 5.32 Å². The number of nitrogens with one attached hydrogen (secondary N) is 1. The summed E-state index contributed by atoms with van der Waals surface area (Å²) in [5.74, 6) is 0. The largest absolute Gasteiger partial charge is 0.392 e. The number of hydrogen-bond acceptors (Lipinski definition) is 2. The van der Waals surface area contributed by atoms with E-state index in [0.29, 0.717) is 6.54 Å². The van der Waals surface area contributed by atoms with Gasteiger partial charge in [0.25, 0.3) is 0 Å². The highest BCUT2D eigenvalue weighted by Gasteiger charge is 1.99. The molecule has 1 unspecified atom stereocenters. The summed E-state index contributed by atoms with van der Waals surface area (Å²) in [6.07, 6.45) is 3.88. The van der Waals surface area contributed by atoms with E-state index in [4.69, 9.17) is 0 Å². The summed E-state index contributed by atoms with van der Waals surface area (Å²) in [5.41, 5.74) is 1.31. The van der Waals surface area contributed by atoms with Gasteiger partial charge >= 0.3 is 0 Å². The third-order valence-corrected chi connectivity index (χ3v) is 1.66. The lowest BCUT2D eigenvalue weighted by atomic mass is 10.2. The van der Waals surface area contributed by atoms with Crippen LogP contribution in [0.3, 0.4) is 0 Å². The van der Waals surface area contributed by atoms with Crippen LogP contribution in [-0.2, 0) is 0 Å². The fourth-order valence-electron chi connectivity index (χ4n) is 0.962. The van der Waals surface area contributed by atoms with Crippen molar-refractivity contribution in [2.75, 3.05) is 13.1 Å². The first-order chi connectivity index (χ1) is 5.66. The Balaban J connectivity index is 3.25. The normalized spacial score (nSPS) is 12.7. The van der Waals surface area contributed by atoms with Crippen LogP contribution in [0.15, 0.2) is 11.6 Å². The van der Waals surface area contributed by atoms with Gasteiger partial charge in [-0.15, -0.1) is 0 Å². The predicted octanol–water partition coefficient (Wildman–Crippen LogP) is 1.70. The van der Waals surface area contributed by atoms with Gasteiger partial charge in [0.05, 0.1) is 6.10 Å². The average Bonchev–Trinajstić information content (AvgIpc) is 1.98. The topological polar surface area (TPSA) is 32.3 Å². The summed E-state index contributed by atoms with van der Waals surface area (Å²) in [7, 11) is 0. The van der Waals surface area contributed by atoms with Gasteiger partial charge in [-0.3, -0.25) is 0 Å². The molecule has 1 atom stereocenters. The minimum Gasteiger partial charge on any atom is -0.392 e. The van der Waals surface area contributed by atoms with E-state index in [1.54, 1.807) is 0 Å². The number of aliphatic hydroxyl groups excluding tert-OH is 1. The summed E-state index contributed by atoms with van der Waals surface area (Å²) < 4.78 is 0. The van der Waals surface area contributed by atoms with Crippen molar-refractivity contribution in [2.24, 2.45) is 0 Å². The van der Waals surface area contributed by atoms with Gasteiger partial charge in [-0.05, 0) is 20.3 Å². The number of allylic oxidation sites excluding steroid dienone is 1. The molecule has 0 bridgehead atoms. The third-order valence-electron chi connectivity index (χ3n) is 1.66. The second kappa shape index (κ2) is 7.32. The van der Waals surface area contributed by atoms with Crippen molar-refractivity contribution in [2.45, 2.75) is 39.7 Å². The van der Waals surface area contributed by atoms with E-state index in [2.05, 4.69) is 32.2 Å². The minimum atomic E-state index is -0.180. The van der Waals surface area contributed by atoms with Gasteiger partial charge in [0.15, 0.2) is 0 Å². The van der Waals surface area contributed by atoms with E-state index in [1.165, 1.54) is 5.57 Å². The lowest BCUT2D eigenvalue weighted by Crippen LogP contribution is -2.26. The summed E-state index contributed by atoms with van der Waals surface area (Å²) in [5, 5.41) is 12.5. The molecule has 0 spiro atoms. The maximum absolute atomic E-state index is 9.33. The smallest absolute Gasteiger partial charge is 0.0664 e. The third kappa shape index (κ3) is 7.76. The van der Waals surface area contributed by atoms with Gasteiger partial charge in [0.2, 0.25) is 0 Å². The molecule has 2 N–H and O–H groups in total. The van der Waals surface area contributed by atoms with Gasteiger partial charge in [-0.25, -0.2) is 0 Å². The number of rotatable bonds is 6. The Hall–Kier alpha value is -0.340. The lowest BCUT2D eigenvalue weighted by molar-refractivity contribution is 0.162. The molecule has 0 aliphatic rings. The lowest BCUT2D eigenvalue weighted by Gasteiger charge is -2.08. The van der Waals surface area contributed by atoms with Crippen LogP contribution >= 0.6 is 0 Å². The summed E-state index contributed by atoms with van der Waals surface area (Å²) >= 11 is 0. The molecule has 0 saturated heterocycles. The Labute approximate surface area is 75.7 Å². The van der Waals surface area contributed by atoms with E-state index in [9.17, 15) is 5.11 Å². The molecule has 0 aliphatic carbocycles. The molecule has 2 nitrogen and oxygen atoms in total. The Morgan fingerprint density at radius 3 is 2.67 bits per heavy atom. The first kappa shape index (κ1) is 11.7. The van der Waals surface area contributed by atoms with Gasteiger partial charge in [-0.2, -0.15) is 0 Å². The van der Waals surface area contributed by atoms with E-state index in [0.717, 1.165) is 19.4 Å². The van der Waals surface area contributed by atoms with Gasteiger partial charge in [-0.1, -0.05) is 25.0 Å². The molecule has 0 heterocycles. The van der Waals surface area contributed by atoms with Crippen molar-refractivity contribution >= 4 is 0 Å². The zero-order chi connectivity index (χ0) is 9.40. The van der Waals surface area contributed by atoms with Crippen LogP contribution in [0, 0.1) is 0 Å². The Morgan fingerprint density at radius 2 is 2.17 bits per heavy atom. The van der Waals surface area contributed by atoms with Crippen LogP contribution in [0.25, 0.3) is 0 Å². The fraction of sp³-hybridized carbons (Fsp3) is 0.800. The average molecular weight is 171 g/mol. The summed E-state index contributed by atoms with van der Waals surface area (Å²) in [4.78, 5) is 0. The zero-order valence-corrected chi connectivity index (χ0v) is 8.43. The molecule has 0 aliphatic heterocycles. The highest BCUT2D eigenvalue weighted by atomic mass is 16.3. The van der Waals surface area contributed by atoms with Crippen LogP contribution in [-0.4, -0.2) is 24.3 Å². The first-order valence-corrected chi connectivity index (χ1v) is 4.69. The Morgan fingerprint density at radius 1 is 1.50 bits per heavy atom. The van der Waals surface area contributed by atoms with E-state index < -0.39 is 0 Å². The fourth-order valence-corrected chi connectivity index (χ4v) is 0.962. The van der Waals surface area contributed by atoms with Crippen LogP contribution in [0.4, 0.5) is 0 Å². The highest BCUT2D eigenvalue weighted by Crippen LogP contribution is 1.93. The zero-order valence-electron chi connectivity index (χ0n) is 8.43. The number of hydrogen-bond donors (Lipinski definition) is 2. The molecular weight excluding hydrogens is 150 g/mol. The maximum Gasteiger partial charge on any atom is 0.0664 e. The molecule has 0 aromatic rings. The second-order valence-corrected chi connectivity index (χ2v) is 3.38. The van der Waals surface area contributed by atoms with Crippen LogP contribution < -0.4 is 5.32 Å². The quantitative estimate of drug-likeness (QED) is 0.471. The highest BCUT2D eigenvalue weighted by molar-refractivity contribution is 4.94. The van der Waals surface area contributed by atoms with Gasteiger partial charge in [0.1, 0.15) is 0 Å². The van der Waals surface area contributed by atoms with E-state index in [1.807, 2.05) is 0 Å². The molecule has 0 saturated carbocycles. The molecule has 0 aromatic carbocycles. The molecule has 0 rings (SSSR count). The standard InChI is InChI=1S/C10H21NO/c1-4-5-10(12)8-11-7-6-9(2)3/h6,10-12H,4-5,7-8H2,1-3H3. The molecule has 72 valence electrons. The summed E-state index contributed by atoms with van der Waals surface area (Å²) in [6.45, 7) is 7.80. The molecule has 0 aromatic heterocycles. The second-order valence-electron chi connectivity index (χ2n) is 3.38. The minimum absolute atomic E-state index is 0.180. The van der Waals surface area contributed by atoms with Crippen LogP contribution in [0.5, 0.6) is 0 Å². The molecule has 0 radical (unpaired) electrons.